The van der Waals surface area contributed by atoms with Gasteiger partial charge in [0.05, 0.1) is 17.8 Å². The lowest BCUT2D eigenvalue weighted by atomic mass is 10.1. The van der Waals surface area contributed by atoms with Crippen LogP contribution in [-0.2, 0) is 22.3 Å². The molecule has 1 saturated heterocycles. The van der Waals surface area contributed by atoms with E-state index in [1.165, 1.54) is 6.07 Å². The maximum Gasteiger partial charge on any atom is 0.433 e. The predicted molar refractivity (Wildman–Crippen MR) is 117 cm³/mol. The molecule has 0 aromatic carbocycles. The molecule has 9 nitrogen and oxygen atoms in total. The Kier molecular flexibility index (Phi) is 7.51. The minimum atomic E-state index is -4.63. The Morgan fingerprint density at radius 1 is 1.22 bits per heavy atom. The highest BCUT2D eigenvalue weighted by Crippen LogP contribution is 2.30. The van der Waals surface area contributed by atoms with Crippen molar-refractivity contribution in [3.63, 3.8) is 0 Å². The van der Waals surface area contributed by atoms with Crippen molar-refractivity contribution in [2.24, 2.45) is 0 Å². The zero-order chi connectivity index (χ0) is 26.8. The summed E-state index contributed by atoms with van der Waals surface area (Å²) in [4.78, 5) is 45.8. The van der Waals surface area contributed by atoms with E-state index in [0.29, 0.717) is 6.41 Å². The van der Waals surface area contributed by atoms with Crippen molar-refractivity contribution in [1.82, 2.24) is 19.8 Å². The number of alkyl halides is 4. The predicted octanol–water partition coefficient (Wildman–Crippen LogP) is 4.12. The SMILES string of the molecule is CC(C)(C)OC(=O)N1C[C@H](F)C[C@H]1N(C=O)Cc1cc(-c2ccc(C(F)(F)F)nc2)ncc1C(=O)O. The molecule has 13 heteroatoms. The second-order valence-corrected chi connectivity index (χ2v) is 9.19. The molecule has 194 valence electrons. The van der Waals surface area contributed by atoms with E-state index in [2.05, 4.69) is 9.97 Å². The lowest BCUT2D eigenvalue weighted by Gasteiger charge is -2.33. The van der Waals surface area contributed by atoms with Gasteiger partial charge in [-0.05, 0) is 44.5 Å². The van der Waals surface area contributed by atoms with Gasteiger partial charge < -0.3 is 14.7 Å². The molecule has 2 atom stereocenters. The van der Waals surface area contributed by atoms with E-state index in [0.717, 1.165) is 34.3 Å². The topological polar surface area (TPSA) is 113 Å². The number of carboxylic acid groups (broad SMARTS) is 1. The van der Waals surface area contributed by atoms with E-state index in [1.54, 1.807) is 20.8 Å². The van der Waals surface area contributed by atoms with E-state index in [-0.39, 0.29) is 41.9 Å². The molecule has 1 aliphatic rings. The van der Waals surface area contributed by atoms with Crippen molar-refractivity contribution in [2.45, 2.75) is 57.9 Å². The standard InChI is InChI=1S/C23H24F4N4O5/c1-22(2,3)36-21(35)31-11-15(24)7-19(31)30(12-32)10-14-6-17(28-9-16(14)20(33)34)13-4-5-18(29-8-13)23(25,26)27/h4-6,8-9,12,15,19H,7,10-11H2,1-3H3,(H,33,34)/t15-,19+/m1/s1. The van der Waals surface area contributed by atoms with Crippen molar-refractivity contribution in [1.29, 1.82) is 0 Å². The number of carboxylic acids is 1. The summed E-state index contributed by atoms with van der Waals surface area (Å²) in [5.41, 5.74) is -1.88. The third-order valence-corrected chi connectivity index (χ3v) is 5.29. The zero-order valence-corrected chi connectivity index (χ0v) is 19.6. The average molecular weight is 512 g/mol. The number of rotatable bonds is 6. The van der Waals surface area contributed by atoms with E-state index >= 15 is 0 Å². The van der Waals surface area contributed by atoms with Gasteiger partial charge in [0, 0.05) is 30.9 Å². The third kappa shape index (κ3) is 6.26. The second-order valence-electron chi connectivity index (χ2n) is 9.19. The van der Waals surface area contributed by atoms with Crippen LogP contribution < -0.4 is 0 Å². The van der Waals surface area contributed by atoms with Gasteiger partial charge in [-0.25, -0.2) is 14.0 Å². The van der Waals surface area contributed by atoms with E-state index in [1.807, 2.05) is 0 Å². The molecule has 0 aliphatic carbocycles. The average Bonchev–Trinajstić information content (AvgIpc) is 3.17. The Morgan fingerprint density at radius 3 is 2.44 bits per heavy atom. The number of aromatic carboxylic acids is 1. The van der Waals surface area contributed by atoms with E-state index < -0.39 is 41.9 Å². The highest BCUT2D eigenvalue weighted by atomic mass is 19.4. The Labute approximate surface area is 203 Å². The number of carbonyl (C=O) groups excluding carboxylic acids is 2. The van der Waals surface area contributed by atoms with Gasteiger partial charge in [0.25, 0.3) is 0 Å². The van der Waals surface area contributed by atoms with Crippen molar-refractivity contribution < 1.29 is 41.8 Å². The Balaban J connectivity index is 1.93. The molecule has 0 bridgehead atoms. The fraction of sp³-hybridized carbons (Fsp3) is 0.435. The number of halogens is 4. The zero-order valence-electron chi connectivity index (χ0n) is 19.6. The van der Waals surface area contributed by atoms with Crippen LogP contribution in [0.1, 0.15) is 48.8 Å². The van der Waals surface area contributed by atoms with Crippen LogP contribution in [0.3, 0.4) is 0 Å². The third-order valence-electron chi connectivity index (χ3n) is 5.29. The minimum Gasteiger partial charge on any atom is -0.478 e. The van der Waals surface area contributed by atoms with Crippen molar-refractivity contribution in [3.05, 3.63) is 47.4 Å². The monoisotopic (exact) mass is 512 g/mol. The smallest absolute Gasteiger partial charge is 0.433 e. The van der Waals surface area contributed by atoms with Gasteiger partial charge in [0.15, 0.2) is 0 Å². The van der Waals surface area contributed by atoms with Gasteiger partial charge in [-0.2, -0.15) is 13.2 Å². The fourth-order valence-corrected chi connectivity index (χ4v) is 3.70. The normalized spacial score (nSPS) is 18.1. The minimum absolute atomic E-state index is 0.0749. The molecule has 3 heterocycles. The van der Waals surface area contributed by atoms with Crippen molar-refractivity contribution in [2.75, 3.05) is 6.54 Å². The Hall–Kier alpha value is -3.77. The summed E-state index contributed by atoms with van der Waals surface area (Å²) in [5.74, 6) is -1.36. The number of aromatic nitrogens is 2. The van der Waals surface area contributed by atoms with Gasteiger partial charge in [0.2, 0.25) is 6.41 Å². The quantitative estimate of drug-likeness (QED) is 0.458. The molecule has 0 spiro atoms. The maximum absolute atomic E-state index is 14.3. The molecule has 0 radical (unpaired) electrons. The number of nitrogens with zero attached hydrogens (tertiary/aromatic N) is 4. The molecular weight excluding hydrogens is 488 g/mol. The lowest BCUT2D eigenvalue weighted by Crippen LogP contribution is -2.48. The molecular formula is C23H24F4N4O5. The highest BCUT2D eigenvalue weighted by Gasteiger charge is 2.41. The van der Waals surface area contributed by atoms with E-state index in [9.17, 15) is 37.1 Å². The summed E-state index contributed by atoms with van der Waals surface area (Å²) in [5, 5.41) is 9.59. The maximum atomic E-state index is 14.3. The van der Waals surface area contributed by atoms with Gasteiger partial charge in [0.1, 0.15) is 23.6 Å². The van der Waals surface area contributed by atoms with Gasteiger partial charge in [-0.1, -0.05) is 0 Å². The molecule has 0 unspecified atom stereocenters. The molecule has 1 N–H and O–H groups in total. The first-order valence-electron chi connectivity index (χ1n) is 10.8. The first-order valence-corrected chi connectivity index (χ1v) is 10.8. The van der Waals surface area contributed by atoms with Crippen molar-refractivity contribution in [3.8, 4) is 11.3 Å². The molecule has 3 rings (SSSR count). The second kappa shape index (κ2) is 10.1. The summed E-state index contributed by atoms with van der Waals surface area (Å²) < 4.78 is 58.0. The molecule has 36 heavy (non-hydrogen) atoms. The van der Waals surface area contributed by atoms with Crippen LogP contribution in [0.5, 0.6) is 0 Å². The van der Waals surface area contributed by atoms with Crippen LogP contribution in [0.25, 0.3) is 11.3 Å². The van der Waals surface area contributed by atoms with Crippen LogP contribution in [-0.4, -0.2) is 67.8 Å². The number of ether oxygens (including phenoxy) is 1. The number of carbonyl (C=O) groups is 3. The summed E-state index contributed by atoms with van der Waals surface area (Å²) in [7, 11) is 0. The summed E-state index contributed by atoms with van der Waals surface area (Å²) in [6.45, 7) is 4.25. The number of hydrogen-bond donors (Lipinski definition) is 1. The fourth-order valence-electron chi connectivity index (χ4n) is 3.70. The molecule has 1 fully saturated rings. The van der Waals surface area contributed by atoms with Gasteiger partial charge in [-0.3, -0.25) is 19.7 Å². The van der Waals surface area contributed by atoms with Crippen LogP contribution in [0, 0.1) is 0 Å². The van der Waals surface area contributed by atoms with E-state index in [4.69, 9.17) is 4.74 Å². The summed E-state index contributed by atoms with van der Waals surface area (Å²) >= 11 is 0. The Bertz CT molecular complexity index is 1130. The van der Waals surface area contributed by atoms with Gasteiger partial charge >= 0.3 is 18.2 Å². The number of likely N-dealkylation sites (tertiary alicyclic amines) is 1. The largest absolute Gasteiger partial charge is 0.478 e. The number of amides is 2. The first-order chi connectivity index (χ1) is 16.7. The highest BCUT2D eigenvalue weighted by molar-refractivity contribution is 5.89. The van der Waals surface area contributed by atoms with Crippen LogP contribution in [0.2, 0.25) is 0 Å². The molecule has 2 aromatic heterocycles. The number of hydrogen-bond acceptors (Lipinski definition) is 6. The summed E-state index contributed by atoms with van der Waals surface area (Å²) in [6.07, 6.45) is -5.83. The number of pyridine rings is 2. The molecule has 1 aliphatic heterocycles. The summed E-state index contributed by atoms with van der Waals surface area (Å²) in [6, 6.07) is 3.19. The van der Waals surface area contributed by atoms with Crippen molar-refractivity contribution >= 4 is 18.5 Å². The molecule has 2 aromatic rings. The Morgan fingerprint density at radius 2 is 1.92 bits per heavy atom. The van der Waals surface area contributed by atoms with Crippen LogP contribution in [0.4, 0.5) is 22.4 Å². The first kappa shape index (κ1) is 26.8. The van der Waals surface area contributed by atoms with Crippen LogP contribution >= 0.6 is 0 Å². The molecule has 2 amide bonds. The van der Waals surface area contributed by atoms with Gasteiger partial charge in [-0.15, -0.1) is 0 Å². The lowest BCUT2D eigenvalue weighted by molar-refractivity contribution is -0.141. The van der Waals surface area contributed by atoms with Crippen LogP contribution in [0.15, 0.2) is 30.6 Å². The molecule has 0 saturated carbocycles.